The summed E-state index contributed by atoms with van der Waals surface area (Å²) in [6.45, 7) is 7.34. The number of morpholine rings is 1. The van der Waals surface area contributed by atoms with Gasteiger partial charge in [0.1, 0.15) is 21.8 Å². The summed E-state index contributed by atoms with van der Waals surface area (Å²) in [7, 11) is 1.66. The maximum absolute atomic E-state index is 13.5. The minimum atomic E-state index is -0.366. The van der Waals surface area contributed by atoms with Gasteiger partial charge >= 0.3 is 0 Å². The third kappa shape index (κ3) is 4.61. The summed E-state index contributed by atoms with van der Waals surface area (Å²) in [5.41, 5.74) is 1.75. The number of fused-ring (bicyclic) bond motifs is 1. The van der Waals surface area contributed by atoms with Gasteiger partial charge in [0.2, 0.25) is 6.79 Å². The van der Waals surface area contributed by atoms with Gasteiger partial charge in [-0.2, -0.15) is 5.26 Å². The van der Waals surface area contributed by atoms with Crippen LogP contribution in [0.3, 0.4) is 0 Å². The van der Waals surface area contributed by atoms with Crippen LogP contribution in [0.1, 0.15) is 36.1 Å². The molecular formula is C26H26N4O5S2. The molecule has 9 nitrogen and oxygen atoms in total. The topological polar surface area (TPSA) is 97.0 Å². The van der Waals surface area contributed by atoms with Crippen molar-refractivity contribution in [2.75, 3.05) is 24.8 Å². The number of pyridine rings is 1. The van der Waals surface area contributed by atoms with Crippen LogP contribution in [0.5, 0.6) is 11.5 Å². The normalized spacial score (nSPS) is 22.2. The number of aromatic nitrogens is 1. The lowest BCUT2D eigenvalue weighted by atomic mass is 10.0. The zero-order valence-corrected chi connectivity index (χ0v) is 22.6. The van der Waals surface area contributed by atoms with Crippen molar-refractivity contribution in [3.8, 4) is 17.6 Å². The molecule has 0 aliphatic carbocycles. The number of thioether (sulfide) groups is 1. The minimum Gasteiger partial charge on any atom is -0.454 e. The third-order valence-corrected chi connectivity index (χ3v) is 7.99. The fraction of sp³-hybridized carbons (Fsp3) is 0.385. The van der Waals surface area contributed by atoms with Crippen molar-refractivity contribution in [1.29, 1.82) is 5.26 Å². The fourth-order valence-electron chi connectivity index (χ4n) is 4.93. The molecule has 2 fully saturated rings. The molecule has 4 heterocycles. The lowest BCUT2D eigenvalue weighted by Crippen LogP contribution is -2.47. The van der Waals surface area contributed by atoms with Crippen LogP contribution >= 0.6 is 24.0 Å². The third-order valence-electron chi connectivity index (χ3n) is 6.61. The molecule has 3 aliphatic rings. The van der Waals surface area contributed by atoms with Crippen molar-refractivity contribution in [2.24, 2.45) is 7.05 Å². The lowest BCUT2D eigenvalue weighted by Gasteiger charge is -2.38. The number of hydrogen-bond acceptors (Lipinski definition) is 9. The second-order valence-corrected chi connectivity index (χ2v) is 11.0. The summed E-state index contributed by atoms with van der Waals surface area (Å²) < 4.78 is 18.7. The molecule has 2 aromatic rings. The molecular weight excluding hydrogens is 512 g/mol. The predicted molar refractivity (Wildman–Crippen MR) is 145 cm³/mol. The fourth-order valence-corrected chi connectivity index (χ4v) is 6.17. The van der Waals surface area contributed by atoms with Crippen molar-refractivity contribution >= 4 is 46.1 Å². The zero-order valence-electron chi connectivity index (χ0n) is 20.9. The molecule has 2 saturated heterocycles. The molecule has 0 N–H and O–H groups in total. The van der Waals surface area contributed by atoms with Crippen LogP contribution in [0.2, 0.25) is 0 Å². The van der Waals surface area contributed by atoms with Gasteiger partial charge in [0.25, 0.3) is 11.5 Å². The van der Waals surface area contributed by atoms with Gasteiger partial charge in [-0.1, -0.05) is 30.0 Å². The smallest absolute Gasteiger partial charge is 0.270 e. The van der Waals surface area contributed by atoms with Gasteiger partial charge in [-0.05, 0) is 50.1 Å². The van der Waals surface area contributed by atoms with Crippen LogP contribution in [0.25, 0.3) is 6.08 Å². The second kappa shape index (κ2) is 9.85. The summed E-state index contributed by atoms with van der Waals surface area (Å²) in [5, 5.41) is 9.72. The van der Waals surface area contributed by atoms with Crippen LogP contribution < -0.4 is 19.9 Å². The number of benzene rings is 1. The Hall–Kier alpha value is -3.33. The summed E-state index contributed by atoms with van der Waals surface area (Å²) >= 11 is 6.77. The highest BCUT2D eigenvalue weighted by molar-refractivity contribution is 8.26. The number of rotatable bonds is 4. The molecule has 0 saturated carbocycles. The number of nitrogens with zero attached hydrogens (tertiary/aromatic N) is 4. The monoisotopic (exact) mass is 538 g/mol. The Morgan fingerprint density at radius 2 is 1.89 bits per heavy atom. The first-order valence-corrected chi connectivity index (χ1v) is 13.1. The van der Waals surface area contributed by atoms with E-state index in [0.717, 1.165) is 5.56 Å². The van der Waals surface area contributed by atoms with E-state index in [1.54, 1.807) is 24.9 Å². The first-order valence-electron chi connectivity index (χ1n) is 11.9. The Kier molecular flexibility index (Phi) is 6.74. The molecule has 2 atom stereocenters. The summed E-state index contributed by atoms with van der Waals surface area (Å²) in [6, 6.07) is 7.59. The first-order chi connectivity index (χ1) is 17.7. The van der Waals surface area contributed by atoms with E-state index in [1.165, 1.54) is 16.3 Å². The van der Waals surface area contributed by atoms with Gasteiger partial charge in [-0.25, -0.2) is 0 Å². The SMILES string of the molecule is Cc1c(C=C2SC(=S)N(Cc3ccc4c(c3)OCO4)C2=O)c(N2CC(C)OC(C)C2)n(C)c(=O)c1C#N. The number of ether oxygens (including phenoxy) is 3. The second-order valence-electron chi connectivity index (χ2n) is 9.33. The Morgan fingerprint density at radius 1 is 1.19 bits per heavy atom. The number of amides is 1. The van der Waals surface area contributed by atoms with Crippen molar-refractivity contribution in [1.82, 2.24) is 9.47 Å². The maximum Gasteiger partial charge on any atom is 0.270 e. The standard InChI is InChI=1S/C26H26N4O5S2/c1-14-10-29(11-15(2)35-14)23-18(16(3)19(9-27)24(31)28(23)4)8-22-25(32)30(26(36)37-22)12-17-5-6-20-21(7-17)34-13-33-20/h5-8,14-15H,10-13H2,1-4H3. The van der Waals surface area contributed by atoms with Gasteiger partial charge in [0.05, 0.1) is 23.7 Å². The van der Waals surface area contributed by atoms with Crippen LogP contribution in [-0.4, -0.2) is 51.8 Å². The van der Waals surface area contributed by atoms with Crippen LogP contribution in [0, 0.1) is 18.3 Å². The number of carbonyl (C=O) groups is 1. The number of nitriles is 1. The molecule has 1 amide bonds. The summed E-state index contributed by atoms with van der Waals surface area (Å²) in [4.78, 5) is 30.6. The predicted octanol–water partition coefficient (Wildman–Crippen LogP) is 3.31. The van der Waals surface area contributed by atoms with Crippen LogP contribution in [-0.2, 0) is 23.1 Å². The molecule has 5 rings (SSSR count). The van der Waals surface area contributed by atoms with E-state index in [-0.39, 0.29) is 36.0 Å². The minimum absolute atomic E-state index is 0.0393. The van der Waals surface area contributed by atoms with E-state index < -0.39 is 0 Å². The van der Waals surface area contributed by atoms with Crippen molar-refractivity contribution < 1.29 is 19.0 Å². The highest BCUT2D eigenvalue weighted by atomic mass is 32.2. The van der Waals surface area contributed by atoms with Gasteiger partial charge in [-0.3, -0.25) is 19.1 Å². The Labute approximate surface area is 224 Å². The number of carbonyl (C=O) groups excluding carboxylic acids is 1. The Bertz CT molecular complexity index is 1430. The molecule has 3 aliphatic heterocycles. The maximum atomic E-state index is 13.5. The van der Waals surface area contributed by atoms with E-state index in [0.29, 0.717) is 57.3 Å². The largest absolute Gasteiger partial charge is 0.454 e. The van der Waals surface area contributed by atoms with E-state index in [9.17, 15) is 14.9 Å². The molecule has 0 bridgehead atoms. The lowest BCUT2D eigenvalue weighted by molar-refractivity contribution is -0.122. The molecule has 2 unspecified atom stereocenters. The Morgan fingerprint density at radius 3 is 2.59 bits per heavy atom. The number of anilines is 1. The number of thiocarbonyl (C=S) groups is 1. The molecule has 192 valence electrons. The van der Waals surface area contributed by atoms with Crippen molar-refractivity contribution in [2.45, 2.75) is 39.5 Å². The molecule has 37 heavy (non-hydrogen) atoms. The van der Waals surface area contributed by atoms with E-state index >= 15 is 0 Å². The first kappa shape index (κ1) is 25.3. The Balaban J connectivity index is 1.53. The van der Waals surface area contributed by atoms with Gasteiger partial charge in [-0.15, -0.1) is 0 Å². The summed E-state index contributed by atoms with van der Waals surface area (Å²) in [6.07, 6.45) is 1.68. The molecule has 0 radical (unpaired) electrons. The number of hydrogen-bond donors (Lipinski definition) is 0. The average Bonchev–Trinajstić information content (AvgIpc) is 3.42. The van der Waals surface area contributed by atoms with E-state index in [4.69, 9.17) is 26.4 Å². The average molecular weight is 539 g/mol. The van der Waals surface area contributed by atoms with E-state index in [2.05, 4.69) is 4.90 Å². The summed E-state index contributed by atoms with van der Waals surface area (Å²) in [5.74, 6) is 1.74. The van der Waals surface area contributed by atoms with Crippen molar-refractivity contribution in [3.05, 3.63) is 55.7 Å². The van der Waals surface area contributed by atoms with Gasteiger partial charge < -0.3 is 19.1 Å². The highest BCUT2D eigenvalue weighted by Crippen LogP contribution is 2.38. The van der Waals surface area contributed by atoms with Crippen LogP contribution in [0.4, 0.5) is 5.82 Å². The van der Waals surface area contributed by atoms with Crippen LogP contribution in [0.15, 0.2) is 27.9 Å². The quantitative estimate of drug-likeness (QED) is 0.429. The molecule has 11 heteroatoms. The molecule has 1 aromatic heterocycles. The van der Waals surface area contributed by atoms with Crippen molar-refractivity contribution in [3.63, 3.8) is 0 Å². The zero-order chi connectivity index (χ0) is 26.4. The highest BCUT2D eigenvalue weighted by Gasteiger charge is 2.34. The molecule has 1 aromatic carbocycles. The van der Waals surface area contributed by atoms with Gasteiger partial charge in [0, 0.05) is 25.7 Å². The van der Waals surface area contributed by atoms with Gasteiger partial charge in [0.15, 0.2) is 11.5 Å². The van der Waals surface area contributed by atoms with E-state index in [1.807, 2.05) is 38.1 Å². The molecule has 0 spiro atoms.